The van der Waals surface area contributed by atoms with Crippen LogP contribution in [0.25, 0.3) is 5.70 Å². The van der Waals surface area contributed by atoms with Crippen LogP contribution in [0.4, 0.5) is 10.5 Å². The number of ketones is 2. The van der Waals surface area contributed by atoms with Gasteiger partial charge in [-0.1, -0.05) is 26.8 Å². The molecule has 0 bridgehead atoms. The molecule has 1 saturated heterocycles. The Balaban J connectivity index is 1.38. The number of fused-ring (bicyclic) bond motifs is 1. The van der Waals surface area contributed by atoms with E-state index in [4.69, 9.17) is 4.74 Å². The average Bonchev–Trinajstić information content (AvgIpc) is 3.23. The van der Waals surface area contributed by atoms with Crippen LogP contribution in [0.15, 0.2) is 23.8 Å². The summed E-state index contributed by atoms with van der Waals surface area (Å²) in [5, 5.41) is 6.54. The van der Waals surface area contributed by atoms with E-state index in [1.807, 2.05) is 30.0 Å². The van der Waals surface area contributed by atoms with Gasteiger partial charge in [-0.15, -0.1) is 0 Å². The van der Waals surface area contributed by atoms with Crippen molar-refractivity contribution in [2.75, 3.05) is 64.8 Å². The van der Waals surface area contributed by atoms with E-state index in [2.05, 4.69) is 36.4 Å². The summed E-state index contributed by atoms with van der Waals surface area (Å²) in [4.78, 5) is 57.3. The molecule has 1 aromatic rings. The monoisotopic (exact) mass is 609 g/mol. The van der Waals surface area contributed by atoms with Crippen LogP contribution < -0.4 is 10.6 Å². The smallest absolute Gasteiger partial charge is 0.317 e. The number of carbonyl (C=O) groups excluding carboxylic acids is 4. The van der Waals surface area contributed by atoms with Crippen molar-refractivity contribution in [1.29, 1.82) is 0 Å². The van der Waals surface area contributed by atoms with Gasteiger partial charge >= 0.3 is 6.03 Å². The predicted molar refractivity (Wildman–Crippen MR) is 173 cm³/mol. The molecular weight excluding hydrogens is 558 g/mol. The quantitative estimate of drug-likeness (QED) is 0.281. The highest BCUT2D eigenvalue weighted by molar-refractivity contribution is 6.14. The van der Waals surface area contributed by atoms with Gasteiger partial charge in [-0.2, -0.15) is 0 Å². The molecule has 2 aliphatic heterocycles. The second-order valence-electron chi connectivity index (χ2n) is 13.3. The van der Waals surface area contributed by atoms with Gasteiger partial charge in [0.2, 0.25) is 0 Å². The maximum atomic E-state index is 13.9. The van der Waals surface area contributed by atoms with E-state index in [9.17, 15) is 19.2 Å². The number of piperazine rings is 1. The zero-order chi connectivity index (χ0) is 31.9. The van der Waals surface area contributed by atoms with Crippen molar-refractivity contribution in [3.63, 3.8) is 0 Å². The summed E-state index contributed by atoms with van der Waals surface area (Å²) in [7, 11) is 2.06. The van der Waals surface area contributed by atoms with Crippen LogP contribution in [0.1, 0.15) is 88.6 Å². The molecular formula is C34H51N5O5. The largest absolute Gasteiger partial charge is 0.384 e. The minimum absolute atomic E-state index is 0.0416. The normalized spacial score (nSPS) is 17.8. The van der Waals surface area contributed by atoms with E-state index in [-0.39, 0.29) is 28.9 Å². The van der Waals surface area contributed by atoms with Gasteiger partial charge in [-0.25, -0.2) is 4.79 Å². The fraction of sp³-hybridized carbons (Fsp3) is 0.647. The molecule has 2 N–H and O–H groups in total. The van der Waals surface area contributed by atoms with Crippen LogP contribution in [-0.2, 0) is 14.3 Å². The van der Waals surface area contributed by atoms with Crippen LogP contribution in [-0.4, -0.2) is 104 Å². The highest BCUT2D eigenvalue weighted by atomic mass is 16.5. The predicted octanol–water partition coefficient (Wildman–Crippen LogP) is 4.56. The Morgan fingerprint density at radius 3 is 2.43 bits per heavy atom. The SMILES string of the molecule is CCCC(=O)CCC(C(C)=O)N1C(=O)c2cccc(NCC(C)(C)COCCNC(=O)N3CCN(C)CC3)c2C1=C1CCC1. The first-order chi connectivity index (χ1) is 21.0. The van der Waals surface area contributed by atoms with Gasteiger partial charge in [0.15, 0.2) is 5.78 Å². The Bertz CT molecular complexity index is 1240. The molecule has 2 heterocycles. The van der Waals surface area contributed by atoms with Crippen LogP contribution in [0.3, 0.4) is 0 Å². The van der Waals surface area contributed by atoms with Crippen molar-refractivity contribution in [1.82, 2.24) is 20.0 Å². The lowest BCUT2D eigenvalue weighted by Crippen LogP contribution is -2.51. The summed E-state index contributed by atoms with van der Waals surface area (Å²) in [5.74, 6) is -0.132. The maximum Gasteiger partial charge on any atom is 0.317 e. The van der Waals surface area contributed by atoms with Gasteiger partial charge in [0.1, 0.15) is 5.78 Å². The van der Waals surface area contributed by atoms with Gasteiger partial charge < -0.3 is 25.2 Å². The fourth-order valence-corrected chi connectivity index (χ4v) is 6.02. The molecule has 3 aliphatic rings. The molecule has 0 aromatic heterocycles. The van der Waals surface area contributed by atoms with E-state index in [0.717, 1.165) is 68.8 Å². The standard InChI is InChI=1S/C34H51N5O5/c1-6-9-26(41)14-15-29(24(2)40)39-31(25-10-7-11-25)30-27(32(39)42)12-8-13-28(30)36-22-34(3,4)23-44-21-16-35-33(43)38-19-17-37(5)18-20-38/h8,12-13,29,36H,6-7,9-11,14-23H2,1-5H3,(H,35,43). The number of amides is 3. The molecule has 1 atom stereocenters. The summed E-state index contributed by atoms with van der Waals surface area (Å²) >= 11 is 0. The lowest BCUT2D eigenvalue weighted by molar-refractivity contribution is -0.122. The second-order valence-corrected chi connectivity index (χ2v) is 13.3. The minimum atomic E-state index is -0.659. The lowest BCUT2D eigenvalue weighted by atomic mass is 9.87. The number of ether oxygens (including phenoxy) is 1. The minimum Gasteiger partial charge on any atom is -0.384 e. The van der Waals surface area contributed by atoms with Crippen molar-refractivity contribution in [2.24, 2.45) is 5.41 Å². The number of hydrogen-bond acceptors (Lipinski definition) is 7. The fourth-order valence-electron chi connectivity index (χ4n) is 6.02. The summed E-state index contributed by atoms with van der Waals surface area (Å²) in [5.41, 5.74) is 4.15. The van der Waals surface area contributed by atoms with E-state index < -0.39 is 6.04 Å². The molecule has 242 valence electrons. The van der Waals surface area contributed by atoms with Gasteiger partial charge in [-0.3, -0.25) is 19.3 Å². The van der Waals surface area contributed by atoms with E-state index in [1.165, 1.54) is 12.5 Å². The number of hydrogen-bond donors (Lipinski definition) is 2. The Morgan fingerprint density at radius 1 is 1.07 bits per heavy atom. The molecule has 1 aromatic carbocycles. The number of likely N-dealkylation sites (N-methyl/N-ethyl adjacent to an activating group) is 1. The molecule has 0 spiro atoms. The number of Topliss-reactive ketones (excluding diaryl/α,β-unsaturated/α-hetero) is 2. The number of anilines is 1. The highest BCUT2D eigenvalue weighted by Gasteiger charge is 2.42. The Labute approximate surface area is 262 Å². The molecule has 10 nitrogen and oxygen atoms in total. The average molecular weight is 610 g/mol. The van der Waals surface area contributed by atoms with E-state index in [0.29, 0.717) is 51.1 Å². The number of nitrogens with zero attached hydrogens (tertiary/aromatic N) is 3. The molecule has 10 heteroatoms. The third kappa shape index (κ3) is 8.27. The number of urea groups is 1. The summed E-state index contributed by atoms with van der Waals surface area (Å²) < 4.78 is 5.96. The number of allylic oxidation sites excluding steroid dienone is 1. The molecule has 44 heavy (non-hydrogen) atoms. The molecule has 1 aliphatic carbocycles. The van der Waals surface area contributed by atoms with Crippen LogP contribution >= 0.6 is 0 Å². The summed E-state index contributed by atoms with van der Waals surface area (Å²) in [6, 6.07) is 5.01. The number of carbonyl (C=O) groups is 4. The third-order valence-corrected chi connectivity index (χ3v) is 8.85. The molecule has 4 rings (SSSR count). The molecule has 1 saturated carbocycles. The molecule has 3 amide bonds. The first-order valence-corrected chi connectivity index (χ1v) is 16.3. The van der Waals surface area contributed by atoms with Crippen molar-refractivity contribution >= 4 is 34.9 Å². The Morgan fingerprint density at radius 2 is 1.80 bits per heavy atom. The maximum absolute atomic E-state index is 13.9. The summed E-state index contributed by atoms with van der Waals surface area (Å²) in [6.45, 7) is 13.0. The van der Waals surface area contributed by atoms with Crippen LogP contribution in [0.2, 0.25) is 0 Å². The van der Waals surface area contributed by atoms with E-state index >= 15 is 0 Å². The molecule has 1 unspecified atom stereocenters. The van der Waals surface area contributed by atoms with Crippen LogP contribution in [0, 0.1) is 5.41 Å². The first kappa shape index (κ1) is 33.6. The topological polar surface area (TPSA) is 111 Å². The number of benzene rings is 1. The lowest BCUT2D eigenvalue weighted by Gasteiger charge is -2.32. The van der Waals surface area contributed by atoms with Gasteiger partial charge in [0.05, 0.1) is 30.5 Å². The van der Waals surface area contributed by atoms with Gasteiger partial charge in [-0.05, 0) is 63.8 Å². The molecule has 2 fully saturated rings. The zero-order valence-electron chi connectivity index (χ0n) is 27.3. The highest BCUT2D eigenvalue weighted by Crippen LogP contribution is 2.46. The van der Waals surface area contributed by atoms with Gasteiger partial charge in [0, 0.05) is 68.8 Å². The first-order valence-electron chi connectivity index (χ1n) is 16.3. The Kier molecular flexibility index (Phi) is 11.6. The van der Waals surface area contributed by atoms with Crippen molar-refractivity contribution in [3.05, 3.63) is 34.9 Å². The molecule has 0 radical (unpaired) electrons. The van der Waals surface area contributed by atoms with Crippen LogP contribution in [0.5, 0.6) is 0 Å². The van der Waals surface area contributed by atoms with Gasteiger partial charge in [0.25, 0.3) is 5.91 Å². The Hall–Kier alpha value is -3.24. The van der Waals surface area contributed by atoms with Crippen molar-refractivity contribution in [2.45, 2.75) is 78.7 Å². The van der Waals surface area contributed by atoms with E-state index in [1.54, 1.807) is 4.90 Å². The second kappa shape index (κ2) is 15.2. The number of rotatable bonds is 15. The van der Waals surface area contributed by atoms with Crippen molar-refractivity contribution < 1.29 is 23.9 Å². The van der Waals surface area contributed by atoms with Crippen molar-refractivity contribution in [3.8, 4) is 0 Å². The third-order valence-electron chi connectivity index (χ3n) is 8.85. The zero-order valence-corrected chi connectivity index (χ0v) is 27.3. The number of nitrogens with one attached hydrogen (secondary N) is 2. The summed E-state index contributed by atoms with van der Waals surface area (Å²) in [6.07, 6.45) is 4.76.